The summed E-state index contributed by atoms with van der Waals surface area (Å²) in [6.45, 7) is 6.55. The van der Waals surface area contributed by atoms with Gasteiger partial charge in [-0.2, -0.15) is 0 Å². The average molecular weight is 577 g/mol. The molecule has 2 N–H and O–H groups in total. The van der Waals surface area contributed by atoms with Crippen molar-refractivity contribution in [1.29, 1.82) is 0 Å². The highest BCUT2D eigenvalue weighted by Gasteiger charge is 2.45. The molecule has 1 aromatic carbocycles. The molecule has 2 unspecified atom stereocenters. The molecule has 1 fully saturated rings. The number of ether oxygens (including phenoxy) is 2. The van der Waals surface area contributed by atoms with E-state index in [2.05, 4.69) is 4.98 Å². The number of aryl methyl sites for hydroxylation is 1. The number of H-pyrrole nitrogens is 1. The summed E-state index contributed by atoms with van der Waals surface area (Å²) >= 11 is 17.0. The predicted octanol–water partition coefficient (Wildman–Crippen LogP) is 5.33. The molecule has 0 aliphatic carbocycles. The molecule has 1 aliphatic rings. The lowest BCUT2D eigenvalue weighted by Gasteiger charge is -2.24. The van der Waals surface area contributed by atoms with Gasteiger partial charge in [0.05, 0.1) is 24.8 Å². The number of aromatic amines is 1. The largest absolute Gasteiger partial charge is 0.463 e. The van der Waals surface area contributed by atoms with Crippen molar-refractivity contribution in [3.63, 3.8) is 0 Å². The van der Waals surface area contributed by atoms with Crippen LogP contribution in [0.25, 0.3) is 0 Å². The fourth-order valence-corrected chi connectivity index (χ4v) is 6.23. The number of carbonyl (C=O) groups excluding carboxylic acids is 1. The summed E-state index contributed by atoms with van der Waals surface area (Å²) in [5.74, 6) is -0.971. The van der Waals surface area contributed by atoms with E-state index < -0.39 is 43.3 Å². The Morgan fingerprint density at radius 3 is 2.58 bits per heavy atom. The summed E-state index contributed by atoms with van der Waals surface area (Å²) in [6, 6.07) is 8.48. The fourth-order valence-electron chi connectivity index (χ4n) is 3.54. The van der Waals surface area contributed by atoms with E-state index in [1.165, 1.54) is 0 Å². The molecule has 0 spiro atoms. The van der Waals surface area contributed by atoms with Crippen molar-refractivity contribution in [3.05, 3.63) is 51.5 Å². The summed E-state index contributed by atoms with van der Waals surface area (Å²) in [7, 11) is -3.89. The van der Waals surface area contributed by atoms with Crippen LogP contribution >= 0.6 is 43.6 Å². The van der Waals surface area contributed by atoms with Crippen molar-refractivity contribution < 1.29 is 33.0 Å². The molecule has 0 amide bonds. The zero-order chi connectivity index (χ0) is 26.6. The van der Waals surface area contributed by atoms with Crippen molar-refractivity contribution >= 4 is 49.6 Å². The van der Waals surface area contributed by atoms with Crippen LogP contribution in [0.2, 0.25) is 0 Å². The molecule has 3 rings (SSSR count). The number of carbonyl (C=O) groups is 1. The lowest BCUT2D eigenvalue weighted by Crippen LogP contribution is -2.31. The zero-order valence-corrected chi connectivity index (χ0v) is 23.6. The van der Waals surface area contributed by atoms with Crippen LogP contribution < -0.4 is 4.52 Å². The number of aliphatic hydroxyl groups is 1. The number of para-hydroxylation sites is 1. The summed E-state index contributed by atoms with van der Waals surface area (Å²) in [5, 5.41) is 9.87. The molecule has 36 heavy (non-hydrogen) atoms. The van der Waals surface area contributed by atoms with Crippen molar-refractivity contribution in [2.24, 2.45) is 5.92 Å². The molecular weight excluding hydrogens is 547 g/mol. The number of alkyl halides is 1. The second-order valence-corrected chi connectivity index (χ2v) is 12.2. The third-order valence-electron chi connectivity index (χ3n) is 5.39. The number of halogens is 1. The van der Waals surface area contributed by atoms with E-state index in [9.17, 15) is 14.5 Å². The Morgan fingerprint density at radius 2 is 1.94 bits per heavy atom. The van der Waals surface area contributed by atoms with Crippen molar-refractivity contribution in [1.82, 2.24) is 9.55 Å². The lowest BCUT2D eigenvalue weighted by atomic mass is 10.2. The Kier molecular flexibility index (Phi) is 9.90. The van der Waals surface area contributed by atoms with Gasteiger partial charge in [-0.25, -0.2) is 4.57 Å². The topological polar surface area (TPSA) is 112 Å². The van der Waals surface area contributed by atoms with Crippen LogP contribution in [0.15, 0.2) is 36.5 Å². The smallest absolute Gasteiger partial charge is 0.380 e. The van der Waals surface area contributed by atoms with Gasteiger partial charge in [-0.1, -0.05) is 37.3 Å². The highest BCUT2D eigenvalue weighted by Crippen LogP contribution is 2.51. The van der Waals surface area contributed by atoms with Crippen LogP contribution in [0.3, 0.4) is 0 Å². The molecule has 1 saturated heterocycles. The molecular formula is C23H30ClN2O7PS2. The summed E-state index contributed by atoms with van der Waals surface area (Å²) in [5.41, 5.74) is 0.753. The number of aliphatic hydroxyl groups excluding tert-OH is 1. The molecule has 2 aromatic rings. The highest BCUT2D eigenvalue weighted by molar-refractivity contribution is 7.72. The molecule has 1 aliphatic heterocycles. The third kappa shape index (κ3) is 7.25. The van der Waals surface area contributed by atoms with E-state index in [-0.39, 0.29) is 23.6 Å². The van der Waals surface area contributed by atoms with E-state index in [1.807, 2.05) is 6.92 Å². The zero-order valence-electron chi connectivity index (χ0n) is 20.3. The number of nitrogens with zero attached hydrogens (tertiary/aromatic N) is 1. The number of hydrogen-bond acceptors (Lipinski definition) is 9. The maximum Gasteiger partial charge on any atom is 0.380 e. The first-order chi connectivity index (χ1) is 16.9. The second-order valence-electron chi connectivity index (χ2n) is 8.86. The second kappa shape index (κ2) is 12.3. The van der Waals surface area contributed by atoms with E-state index in [4.69, 9.17) is 54.6 Å². The summed E-state index contributed by atoms with van der Waals surface area (Å²) < 4.78 is 38.8. The Morgan fingerprint density at radius 1 is 1.28 bits per heavy atom. The molecule has 198 valence electrons. The number of hydrogen-bond donors (Lipinski definition) is 2. The Bertz CT molecular complexity index is 1220. The Labute approximate surface area is 225 Å². The van der Waals surface area contributed by atoms with Crippen molar-refractivity contribution in [3.8, 4) is 5.75 Å². The summed E-state index contributed by atoms with van der Waals surface area (Å²) in [6.07, 6.45) is -1.77. The van der Waals surface area contributed by atoms with Gasteiger partial charge in [-0.05, 0) is 45.1 Å². The normalized spacial score (nSPS) is 24.3. The van der Waals surface area contributed by atoms with Crippen molar-refractivity contribution in [2.75, 3.05) is 12.8 Å². The third-order valence-corrected chi connectivity index (χ3v) is 8.63. The first kappa shape index (κ1) is 29.0. The fraction of sp³-hybridized carbons (Fsp3) is 0.522. The Hall–Kier alpha value is -1.59. The first-order valence-electron chi connectivity index (χ1n) is 11.4. The van der Waals surface area contributed by atoms with Gasteiger partial charge in [0.15, 0.2) is 11.0 Å². The Balaban J connectivity index is 1.77. The van der Waals surface area contributed by atoms with Gasteiger partial charge in [0.25, 0.3) is 0 Å². The van der Waals surface area contributed by atoms with Crippen LogP contribution in [-0.4, -0.2) is 57.1 Å². The quantitative estimate of drug-likeness (QED) is 0.168. The number of aromatic nitrogens is 2. The van der Waals surface area contributed by atoms with E-state index in [0.29, 0.717) is 10.4 Å². The van der Waals surface area contributed by atoms with Gasteiger partial charge in [0.1, 0.15) is 28.0 Å². The van der Waals surface area contributed by atoms with Gasteiger partial charge in [-0.3, -0.25) is 13.9 Å². The van der Waals surface area contributed by atoms with Crippen LogP contribution in [0.4, 0.5) is 0 Å². The van der Waals surface area contributed by atoms with Gasteiger partial charge < -0.3 is 24.1 Å². The minimum atomic E-state index is -3.89. The number of rotatable bonds is 10. The lowest BCUT2D eigenvalue weighted by molar-refractivity contribution is -0.151. The van der Waals surface area contributed by atoms with Gasteiger partial charge in [-0.15, -0.1) is 11.6 Å². The number of nitrogens with one attached hydrogen (secondary N) is 1. The molecule has 6 atom stereocenters. The minimum absolute atomic E-state index is 0.233. The molecule has 1 aromatic heterocycles. The van der Waals surface area contributed by atoms with E-state index in [1.54, 1.807) is 61.9 Å². The van der Waals surface area contributed by atoms with E-state index >= 15 is 0 Å². The van der Waals surface area contributed by atoms with Crippen LogP contribution in [0, 0.1) is 22.3 Å². The van der Waals surface area contributed by atoms with E-state index in [0.717, 1.165) is 5.56 Å². The van der Waals surface area contributed by atoms with Gasteiger partial charge in [0, 0.05) is 11.8 Å². The highest BCUT2D eigenvalue weighted by atomic mass is 35.5. The minimum Gasteiger partial charge on any atom is -0.463 e. The molecule has 0 saturated carbocycles. The maximum atomic E-state index is 13.8. The summed E-state index contributed by atoms with van der Waals surface area (Å²) in [4.78, 5) is 15.3. The van der Waals surface area contributed by atoms with Crippen LogP contribution in [0.1, 0.15) is 32.6 Å². The maximum absolute atomic E-state index is 13.8. The number of esters is 1. The van der Waals surface area contributed by atoms with Crippen LogP contribution in [-0.2, 0) is 23.4 Å². The first-order valence-corrected chi connectivity index (χ1v) is 14.4. The standard InChI is InChI=1S/C23H30ClN2O7PS2/c1-13(2)31-22(28)15(4)12-34(29,33-16-8-6-5-7-9-16)30-11-17-19(27)18(24)21(32-17)26-10-14(3)20(35)25-23(26)36/h5-10,13,15,17-19,21,27H,11-12H2,1-4H3,(H,25,35,36)/t15-,17+,18-,19?,21+,34?/m1/s1. The average Bonchev–Trinajstić information content (AvgIpc) is 3.08. The molecule has 0 bridgehead atoms. The van der Waals surface area contributed by atoms with Gasteiger partial charge >= 0.3 is 13.6 Å². The van der Waals surface area contributed by atoms with Crippen molar-refractivity contribution in [2.45, 2.75) is 57.6 Å². The van der Waals surface area contributed by atoms with Crippen LogP contribution in [0.5, 0.6) is 5.75 Å². The monoisotopic (exact) mass is 576 g/mol. The SMILES string of the molecule is Cc1cn([C@H]2O[C@@H](COP(=O)(C[C@@H](C)C(=O)OC(C)C)Oc3ccccc3)C(O)[C@H]2Cl)c(=S)[nH]c1=S. The molecule has 0 radical (unpaired) electrons. The number of benzene rings is 1. The molecule has 2 heterocycles. The molecule has 9 nitrogen and oxygen atoms in total. The predicted molar refractivity (Wildman–Crippen MR) is 141 cm³/mol. The van der Waals surface area contributed by atoms with Gasteiger partial charge in [0.2, 0.25) is 0 Å². The molecule has 13 heteroatoms.